The van der Waals surface area contributed by atoms with Crippen molar-refractivity contribution in [3.63, 3.8) is 0 Å². The number of carbonyl (C=O) groups is 6. The summed E-state index contributed by atoms with van der Waals surface area (Å²) in [5.74, 6) is -4.01. The number of Topliss-reactive ketones (excluding diaryl/α,β-unsaturated/α-hetero) is 1. The zero-order chi connectivity index (χ0) is 37.4. The molecule has 0 saturated heterocycles. The quantitative estimate of drug-likeness (QED) is 0.132. The lowest BCUT2D eigenvalue weighted by Crippen LogP contribution is -2.44. The Morgan fingerprint density at radius 1 is 0.860 bits per heavy atom. The van der Waals surface area contributed by atoms with Gasteiger partial charge < -0.3 is 25.2 Å². The zero-order valence-corrected chi connectivity index (χ0v) is 30.2. The van der Waals surface area contributed by atoms with E-state index in [1.807, 2.05) is 0 Å². The Morgan fingerprint density at radius 2 is 1.44 bits per heavy atom. The SMILES string of the molecule is C=S(C)(=O)/C(Cl)=C/[C@H](CC(=O)OCC)NC(=O)[C@@H](CC(=O)[C@@H](NC(=O)[C@H](CC(=O)O)CC(=O)OCc1ccccc1)c1ccccc1)C(C)C. The van der Waals surface area contributed by atoms with Crippen molar-refractivity contribution in [2.24, 2.45) is 17.8 Å². The number of hydrogen-bond acceptors (Lipinski definition) is 9. The fraction of sp³-hybridized carbons (Fsp3) is 0.417. The van der Waals surface area contributed by atoms with Crippen LogP contribution in [0.4, 0.5) is 0 Å². The summed E-state index contributed by atoms with van der Waals surface area (Å²) in [5.41, 5.74) is 1.08. The molecule has 0 aromatic heterocycles. The van der Waals surface area contributed by atoms with Crippen molar-refractivity contribution in [1.29, 1.82) is 0 Å². The van der Waals surface area contributed by atoms with Crippen molar-refractivity contribution in [2.75, 3.05) is 12.9 Å². The van der Waals surface area contributed by atoms with Crippen LogP contribution in [0.3, 0.4) is 0 Å². The molecular formula is C36H45ClN2O10S. The predicted octanol–water partition coefficient (Wildman–Crippen LogP) is 4.16. The summed E-state index contributed by atoms with van der Waals surface area (Å²) in [7, 11) is -2.87. The van der Waals surface area contributed by atoms with Gasteiger partial charge in [0.2, 0.25) is 11.8 Å². The van der Waals surface area contributed by atoms with Crippen LogP contribution in [0, 0.1) is 17.8 Å². The molecule has 3 N–H and O–H groups in total. The van der Waals surface area contributed by atoms with E-state index in [9.17, 15) is 38.1 Å². The van der Waals surface area contributed by atoms with Crippen LogP contribution in [-0.4, -0.2) is 69.6 Å². The standard InChI is InChI=1S/C36H45ClN2O10S/c1-6-48-33(44)20-27(19-30(37)50(4,5)47)38-36(46)28(23(2)3)21-29(40)34(25-15-11-8-12-16-25)39-35(45)26(17-31(41)42)18-32(43)49-22-24-13-9-7-10-14-24/h7-16,19,23,26-28,34H,4,6,17-18,20-22H2,1-3,5H3,(H,38,46)(H,39,45)(H,41,42)/b30-19+/t26-,27-,28+,34+,50?/m1/s1. The lowest BCUT2D eigenvalue weighted by Gasteiger charge is -2.26. The summed E-state index contributed by atoms with van der Waals surface area (Å²) in [6, 6.07) is 14.7. The molecule has 50 heavy (non-hydrogen) atoms. The van der Waals surface area contributed by atoms with Crippen LogP contribution in [-0.2, 0) is 54.4 Å². The Labute approximate surface area is 297 Å². The van der Waals surface area contributed by atoms with Gasteiger partial charge in [0.05, 0.1) is 42.2 Å². The molecule has 0 fully saturated rings. The van der Waals surface area contributed by atoms with Gasteiger partial charge in [-0.3, -0.25) is 33.0 Å². The van der Waals surface area contributed by atoms with Gasteiger partial charge in [-0.15, -0.1) is 0 Å². The van der Waals surface area contributed by atoms with Gasteiger partial charge in [-0.25, -0.2) is 0 Å². The highest BCUT2D eigenvalue weighted by Crippen LogP contribution is 2.25. The molecule has 0 aliphatic carbocycles. The van der Waals surface area contributed by atoms with Crippen molar-refractivity contribution in [1.82, 2.24) is 10.6 Å². The minimum absolute atomic E-state index is 0.0692. The summed E-state index contributed by atoms with van der Waals surface area (Å²) in [5, 5.41) is 14.8. The molecule has 2 aromatic carbocycles. The van der Waals surface area contributed by atoms with Gasteiger partial charge >= 0.3 is 17.9 Å². The highest BCUT2D eigenvalue weighted by Gasteiger charge is 2.34. The summed E-state index contributed by atoms with van der Waals surface area (Å²) < 4.78 is 22.5. The molecule has 0 radical (unpaired) electrons. The molecule has 0 aliphatic heterocycles. The summed E-state index contributed by atoms with van der Waals surface area (Å²) >= 11 is 6.17. The van der Waals surface area contributed by atoms with E-state index in [4.69, 9.17) is 21.1 Å². The number of carboxylic acids is 1. The maximum Gasteiger partial charge on any atom is 0.308 e. The summed E-state index contributed by atoms with van der Waals surface area (Å²) in [6.45, 7) is 5.08. The lowest BCUT2D eigenvalue weighted by atomic mass is 9.86. The number of carboxylic acid groups (broad SMARTS) is 1. The number of aliphatic carboxylic acids is 1. The Balaban J connectivity index is 2.31. The molecule has 2 amide bonds. The number of carbonyl (C=O) groups excluding carboxylic acids is 5. The highest BCUT2D eigenvalue weighted by molar-refractivity contribution is 8.04. The number of ether oxygens (including phenoxy) is 2. The first-order valence-corrected chi connectivity index (χ1v) is 18.5. The normalized spacial score (nSPS) is 15.0. The van der Waals surface area contributed by atoms with Crippen LogP contribution in [0.25, 0.3) is 0 Å². The van der Waals surface area contributed by atoms with Crippen LogP contribution < -0.4 is 10.6 Å². The first-order valence-electron chi connectivity index (χ1n) is 16.0. The average molecular weight is 733 g/mol. The molecule has 14 heteroatoms. The first-order chi connectivity index (χ1) is 23.5. The zero-order valence-electron chi connectivity index (χ0n) is 28.6. The minimum atomic E-state index is -2.87. The van der Waals surface area contributed by atoms with Crippen molar-refractivity contribution < 1.29 is 47.6 Å². The van der Waals surface area contributed by atoms with Gasteiger partial charge in [-0.05, 0) is 35.9 Å². The predicted molar refractivity (Wildman–Crippen MR) is 190 cm³/mol. The Bertz CT molecular complexity index is 1630. The molecule has 0 heterocycles. The van der Waals surface area contributed by atoms with E-state index >= 15 is 0 Å². The van der Waals surface area contributed by atoms with Crippen molar-refractivity contribution in [3.05, 3.63) is 82.2 Å². The van der Waals surface area contributed by atoms with Gasteiger partial charge in [-0.2, -0.15) is 0 Å². The second-order valence-electron chi connectivity index (χ2n) is 12.1. The molecule has 12 nitrogen and oxygen atoms in total. The average Bonchev–Trinajstić information content (AvgIpc) is 3.04. The Kier molecular flexibility index (Phi) is 16.9. The number of halogens is 1. The molecule has 1 unspecified atom stereocenters. The van der Waals surface area contributed by atoms with Gasteiger partial charge in [0.15, 0.2) is 5.78 Å². The van der Waals surface area contributed by atoms with Crippen LogP contribution in [0.1, 0.15) is 63.6 Å². The second-order valence-corrected chi connectivity index (χ2v) is 15.2. The lowest BCUT2D eigenvalue weighted by molar-refractivity contribution is -0.150. The van der Waals surface area contributed by atoms with E-state index < -0.39 is 87.7 Å². The third-order valence-electron chi connectivity index (χ3n) is 7.52. The molecule has 0 bridgehead atoms. The maximum absolute atomic E-state index is 13.9. The van der Waals surface area contributed by atoms with E-state index in [0.29, 0.717) is 11.1 Å². The molecule has 0 saturated carbocycles. The van der Waals surface area contributed by atoms with E-state index in [1.54, 1.807) is 81.4 Å². The number of nitrogens with one attached hydrogen (secondary N) is 2. The van der Waals surface area contributed by atoms with Gasteiger partial charge in [0, 0.05) is 28.1 Å². The van der Waals surface area contributed by atoms with E-state index in [1.165, 1.54) is 12.3 Å². The number of benzene rings is 2. The third-order valence-corrected chi connectivity index (χ3v) is 9.58. The van der Waals surface area contributed by atoms with Gasteiger partial charge in [0.1, 0.15) is 12.6 Å². The largest absolute Gasteiger partial charge is 0.481 e. The number of ketones is 1. The topological polar surface area (TPSA) is 182 Å². The molecule has 272 valence electrons. The molecular weight excluding hydrogens is 688 g/mol. The summed E-state index contributed by atoms with van der Waals surface area (Å²) in [4.78, 5) is 77.7. The Morgan fingerprint density at radius 3 is 1.98 bits per heavy atom. The number of hydrogen-bond donors (Lipinski definition) is 3. The minimum Gasteiger partial charge on any atom is -0.481 e. The van der Waals surface area contributed by atoms with Crippen LogP contribution in [0.2, 0.25) is 0 Å². The Hall–Kier alpha value is -4.49. The van der Waals surface area contributed by atoms with Crippen LogP contribution >= 0.6 is 11.6 Å². The smallest absolute Gasteiger partial charge is 0.308 e. The molecule has 2 rings (SSSR count). The molecule has 5 atom stereocenters. The first kappa shape index (κ1) is 41.7. The van der Waals surface area contributed by atoms with E-state index in [2.05, 4.69) is 16.5 Å². The third kappa shape index (κ3) is 14.6. The fourth-order valence-electron chi connectivity index (χ4n) is 4.83. The molecule has 0 aliphatic rings. The van der Waals surface area contributed by atoms with E-state index in [0.717, 1.165) is 0 Å². The second kappa shape index (κ2) is 20.2. The summed E-state index contributed by atoms with van der Waals surface area (Å²) in [6.07, 6.45) is 0.616. The van der Waals surface area contributed by atoms with Gasteiger partial charge in [0.25, 0.3) is 0 Å². The van der Waals surface area contributed by atoms with Crippen molar-refractivity contribution in [2.45, 2.75) is 65.1 Å². The molecule has 0 spiro atoms. The van der Waals surface area contributed by atoms with Crippen LogP contribution in [0.5, 0.6) is 0 Å². The number of rotatable bonds is 20. The van der Waals surface area contributed by atoms with E-state index in [-0.39, 0.29) is 30.4 Å². The highest BCUT2D eigenvalue weighted by atomic mass is 35.5. The number of esters is 2. The number of amides is 2. The van der Waals surface area contributed by atoms with Gasteiger partial charge in [-0.1, -0.05) is 86.1 Å². The fourth-order valence-corrected chi connectivity index (χ4v) is 5.43. The molecule has 2 aromatic rings. The van der Waals surface area contributed by atoms with Crippen molar-refractivity contribution in [3.8, 4) is 0 Å². The van der Waals surface area contributed by atoms with Crippen LogP contribution in [0.15, 0.2) is 71.1 Å². The monoisotopic (exact) mass is 732 g/mol. The maximum atomic E-state index is 13.9. The van der Waals surface area contributed by atoms with Crippen molar-refractivity contribution >= 4 is 62.5 Å².